The van der Waals surface area contributed by atoms with Gasteiger partial charge in [0, 0.05) is 42.0 Å². The van der Waals surface area contributed by atoms with Crippen molar-refractivity contribution >= 4 is 10.8 Å². The summed E-state index contributed by atoms with van der Waals surface area (Å²) in [6.07, 6.45) is 6.75. The van der Waals surface area contributed by atoms with Crippen LogP contribution in [0.25, 0.3) is 0 Å². The molecule has 1 unspecified atom stereocenters. The van der Waals surface area contributed by atoms with Crippen LogP contribution >= 0.6 is 0 Å². The molecule has 2 atom stereocenters. The molecule has 0 radical (unpaired) electrons. The van der Waals surface area contributed by atoms with E-state index in [9.17, 15) is 9.47 Å². The van der Waals surface area contributed by atoms with Crippen LogP contribution in [-0.4, -0.2) is 53.3 Å². The molecule has 0 spiro atoms. The molecule has 2 aliphatic rings. The third-order valence-corrected chi connectivity index (χ3v) is 8.01. The number of rotatable bonds is 6. The summed E-state index contributed by atoms with van der Waals surface area (Å²) in [5, 5.41) is 9.88. The first-order valence-corrected chi connectivity index (χ1v) is 12.4. The van der Waals surface area contributed by atoms with Crippen molar-refractivity contribution in [2.45, 2.75) is 54.0 Å². The monoisotopic (exact) mass is 437 g/mol. The first-order valence-electron chi connectivity index (χ1n) is 11.2. The molecular weight excluding hydrogens is 406 g/mol. The number of hydrogen-bond donors (Lipinski definition) is 0. The van der Waals surface area contributed by atoms with E-state index in [0.717, 1.165) is 53.3 Å². The van der Waals surface area contributed by atoms with Crippen LogP contribution in [0.2, 0.25) is 0 Å². The van der Waals surface area contributed by atoms with E-state index in [1.54, 1.807) is 7.11 Å². The summed E-state index contributed by atoms with van der Waals surface area (Å²) in [5.41, 5.74) is 0.976. The van der Waals surface area contributed by atoms with Crippen molar-refractivity contribution in [3.05, 3.63) is 54.1 Å². The molecule has 1 aliphatic carbocycles. The number of benzene rings is 2. The quantitative estimate of drug-likeness (QED) is 0.671. The lowest BCUT2D eigenvalue weighted by Gasteiger charge is -2.42. The van der Waals surface area contributed by atoms with Gasteiger partial charge in [-0.15, -0.1) is 0 Å². The van der Waals surface area contributed by atoms with Crippen molar-refractivity contribution in [2.24, 2.45) is 0 Å². The maximum atomic E-state index is 12.9. The number of methoxy groups -OCH3 is 1. The van der Waals surface area contributed by atoms with Gasteiger partial charge in [0.15, 0.2) is 0 Å². The van der Waals surface area contributed by atoms with E-state index >= 15 is 0 Å². The first-order chi connectivity index (χ1) is 15.2. The minimum atomic E-state index is -1.25. The molecule has 0 N–H and O–H groups in total. The zero-order valence-electron chi connectivity index (χ0n) is 18.2. The van der Waals surface area contributed by atoms with Gasteiger partial charge in [-0.3, -0.25) is 9.80 Å². The summed E-state index contributed by atoms with van der Waals surface area (Å²) in [6.45, 7) is 3.94. The molecular formula is C25H31N3O2S. The number of ether oxygens (including phenoxy) is 1. The predicted molar refractivity (Wildman–Crippen MR) is 122 cm³/mol. The van der Waals surface area contributed by atoms with Gasteiger partial charge in [-0.25, -0.2) is 4.21 Å². The van der Waals surface area contributed by atoms with Crippen LogP contribution in [0, 0.1) is 11.3 Å². The van der Waals surface area contributed by atoms with Crippen molar-refractivity contribution in [2.75, 3.05) is 33.3 Å². The van der Waals surface area contributed by atoms with Gasteiger partial charge in [-0.2, -0.15) is 5.26 Å². The number of piperazine rings is 1. The van der Waals surface area contributed by atoms with Crippen LogP contribution in [0.1, 0.15) is 43.7 Å². The van der Waals surface area contributed by atoms with E-state index in [0.29, 0.717) is 0 Å². The predicted octanol–water partition coefficient (Wildman–Crippen LogP) is 4.38. The molecule has 2 aromatic carbocycles. The van der Waals surface area contributed by atoms with Crippen molar-refractivity contribution in [1.29, 1.82) is 5.26 Å². The zero-order chi connectivity index (χ0) is 21.6. The highest BCUT2D eigenvalue weighted by Gasteiger charge is 2.29. The van der Waals surface area contributed by atoms with Gasteiger partial charge in [0.05, 0.1) is 24.0 Å². The van der Waals surface area contributed by atoms with Crippen molar-refractivity contribution in [3.8, 4) is 11.8 Å². The minimum absolute atomic E-state index is 0.253. The second kappa shape index (κ2) is 10.4. The second-order valence-corrected chi connectivity index (χ2v) is 9.89. The average Bonchev–Trinajstić information content (AvgIpc) is 2.85. The Morgan fingerprint density at radius 2 is 1.52 bits per heavy atom. The van der Waals surface area contributed by atoms with Crippen LogP contribution in [-0.2, 0) is 10.8 Å². The first kappa shape index (κ1) is 22.0. The summed E-state index contributed by atoms with van der Waals surface area (Å²) < 4.78 is 18.0. The maximum Gasteiger partial charge on any atom is 0.123 e. The van der Waals surface area contributed by atoms with Crippen LogP contribution < -0.4 is 4.74 Å². The topological polar surface area (TPSA) is 56.6 Å². The Bertz CT molecular complexity index is 909. The van der Waals surface area contributed by atoms with Gasteiger partial charge in [0.1, 0.15) is 11.8 Å². The van der Waals surface area contributed by atoms with Gasteiger partial charge in [-0.05, 0) is 54.8 Å². The average molecular weight is 438 g/mol. The summed E-state index contributed by atoms with van der Waals surface area (Å²) in [4.78, 5) is 6.40. The molecule has 0 aromatic heterocycles. The Balaban J connectivity index is 1.39. The highest BCUT2D eigenvalue weighted by atomic mass is 32.2. The molecule has 31 heavy (non-hydrogen) atoms. The highest BCUT2D eigenvalue weighted by Crippen LogP contribution is 2.27. The Hall–Kier alpha value is -2.20. The molecule has 5 nitrogen and oxygen atoms in total. The number of nitriles is 1. The van der Waals surface area contributed by atoms with Crippen molar-refractivity contribution < 1.29 is 8.95 Å². The van der Waals surface area contributed by atoms with E-state index in [4.69, 9.17) is 4.74 Å². The fraction of sp³-hybridized carbons (Fsp3) is 0.480. The summed E-state index contributed by atoms with van der Waals surface area (Å²) in [5.74, 6) is 0.747. The Morgan fingerprint density at radius 3 is 2.06 bits per heavy atom. The van der Waals surface area contributed by atoms with Gasteiger partial charge in [0.25, 0.3) is 0 Å². The summed E-state index contributed by atoms with van der Waals surface area (Å²) in [7, 11) is 0.365. The standard InChI is InChI=1S/C25H31N3O2S/c1-30-22-9-13-24(14-10-22)31(29)23-11-7-20(8-12-23)25(19-26)28-17-15-27(16-18-28)21-5-3-2-4-6-21/h7-14,21,25H,2-6,15-18H2,1H3/t25?,31-/m1/s1. The van der Waals surface area contributed by atoms with E-state index in [1.165, 1.54) is 32.1 Å². The molecule has 2 aromatic rings. The van der Waals surface area contributed by atoms with E-state index in [-0.39, 0.29) is 6.04 Å². The van der Waals surface area contributed by atoms with Gasteiger partial charge >= 0.3 is 0 Å². The van der Waals surface area contributed by atoms with Crippen LogP contribution in [0.3, 0.4) is 0 Å². The van der Waals surface area contributed by atoms with Gasteiger partial charge < -0.3 is 4.74 Å². The van der Waals surface area contributed by atoms with E-state index in [2.05, 4.69) is 15.9 Å². The van der Waals surface area contributed by atoms with Gasteiger partial charge in [-0.1, -0.05) is 31.4 Å². The Labute approximate surface area is 188 Å². The molecule has 1 aliphatic heterocycles. The van der Waals surface area contributed by atoms with E-state index in [1.807, 2.05) is 48.5 Å². The molecule has 0 bridgehead atoms. The fourth-order valence-electron chi connectivity index (χ4n) is 4.78. The largest absolute Gasteiger partial charge is 0.497 e. The van der Waals surface area contributed by atoms with Crippen molar-refractivity contribution in [1.82, 2.24) is 9.80 Å². The molecule has 6 heteroatoms. The molecule has 4 rings (SSSR count). The van der Waals surface area contributed by atoms with Crippen LogP contribution in [0.5, 0.6) is 5.75 Å². The highest BCUT2D eigenvalue weighted by molar-refractivity contribution is 7.85. The minimum Gasteiger partial charge on any atom is -0.497 e. The molecule has 1 saturated heterocycles. The second-order valence-electron chi connectivity index (χ2n) is 8.41. The maximum absolute atomic E-state index is 12.9. The van der Waals surface area contributed by atoms with Crippen LogP contribution in [0.4, 0.5) is 0 Å². The fourth-order valence-corrected chi connectivity index (χ4v) is 5.82. The lowest BCUT2D eigenvalue weighted by molar-refractivity contribution is 0.0676. The van der Waals surface area contributed by atoms with E-state index < -0.39 is 10.8 Å². The molecule has 1 heterocycles. The lowest BCUT2D eigenvalue weighted by atomic mass is 9.93. The summed E-state index contributed by atoms with van der Waals surface area (Å²) in [6, 6.07) is 18.0. The smallest absolute Gasteiger partial charge is 0.123 e. The Kier molecular flexibility index (Phi) is 7.39. The normalized spacial score (nSPS) is 20.6. The molecule has 2 fully saturated rings. The number of hydrogen-bond acceptors (Lipinski definition) is 5. The Morgan fingerprint density at radius 1 is 0.935 bits per heavy atom. The van der Waals surface area contributed by atoms with Crippen molar-refractivity contribution in [3.63, 3.8) is 0 Å². The lowest BCUT2D eigenvalue weighted by Crippen LogP contribution is -2.51. The van der Waals surface area contributed by atoms with Crippen LogP contribution in [0.15, 0.2) is 58.3 Å². The summed E-state index contributed by atoms with van der Waals surface area (Å²) >= 11 is 0. The molecule has 0 amide bonds. The zero-order valence-corrected chi connectivity index (χ0v) is 19.0. The molecule has 1 saturated carbocycles. The third kappa shape index (κ3) is 5.17. The molecule has 164 valence electrons. The SMILES string of the molecule is COc1ccc([S@](=O)c2ccc(C(C#N)N3CCN(C4CCCCC4)CC3)cc2)cc1. The van der Waals surface area contributed by atoms with Gasteiger partial charge in [0.2, 0.25) is 0 Å². The third-order valence-electron chi connectivity index (χ3n) is 6.61. The number of nitrogens with zero attached hydrogens (tertiary/aromatic N) is 3.